The van der Waals surface area contributed by atoms with Gasteiger partial charge in [-0.1, -0.05) is 6.07 Å². The average Bonchev–Trinajstić information content (AvgIpc) is 2.86. The van der Waals surface area contributed by atoms with Gasteiger partial charge >= 0.3 is 12.1 Å². The number of benzene rings is 1. The molecule has 1 aromatic heterocycles. The maximum atomic E-state index is 12.7. The van der Waals surface area contributed by atoms with Gasteiger partial charge in [-0.05, 0) is 43.7 Å². The number of carbonyl (C=O) groups is 1. The van der Waals surface area contributed by atoms with Crippen LogP contribution in [0.3, 0.4) is 0 Å². The van der Waals surface area contributed by atoms with Gasteiger partial charge in [-0.2, -0.15) is 13.2 Å². The van der Waals surface area contributed by atoms with Gasteiger partial charge in [0.15, 0.2) is 0 Å². The Morgan fingerprint density at radius 3 is 2.56 bits per heavy atom. The van der Waals surface area contributed by atoms with Crippen LogP contribution in [0.15, 0.2) is 35.2 Å². The number of nitrogens with one attached hydrogen (secondary N) is 1. The summed E-state index contributed by atoms with van der Waals surface area (Å²) in [5.74, 6) is -0.588. The van der Waals surface area contributed by atoms with Gasteiger partial charge in [-0.25, -0.2) is 13.2 Å². The van der Waals surface area contributed by atoms with Crippen LogP contribution in [-0.4, -0.2) is 21.0 Å². The van der Waals surface area contributed by atoms with Crippen molar-refractivity contribution < 1.29 is 31.1 Å². The first-order valence-corrected chi connectivity index (χ1v) is 9.32. The van der Waals surface area contributed by atoms with E-state index in [4.69, 9.17) is 4.74 Å². The summed E-state index contributed by atoms with van der Waals surface area (Å²) in [6, 6.07) is 4.83. The van der Waals surface area contributed by atoms with Crippen LogP contribution in [0.2, 0.25) is 0 Å². The third kappa shape index (κ3) is 4.51. The summed E-state index contributed by atoms with van der Waals surface area (Å²) < 4.78 is 69.9. The molecule has 2 aromatic rings. The minimum Gasteiger partial charge on any atom is -0.462 e. The van der Waals surface area contributed by atoms with Gasteiger partial charge in [0.1, 0.15) is 9.88 Å². The first-order chi connectivity index (χ1) is 11.5. The van der Waals surface area contributed by atoms with Crippen LogP contribution < -0.4 is 4.72 Å². The summed E-state index contributed by atoms with van der Waals surface area (Å²) in [6.07, 6.45) is -4.65. The molecule has 2 rings (SSSR count). The third-order valence-electron chi connectivity index (χ3n) is 3.09. The molecule has 25 heavy (non-hydrogen) atoms. The first-order valence-electron chi connectivity index (χ1n) is 7.02. The van der Waals surface area contributed by atoms with E-state index < -0.39 is 32.6 Å². The molecule has 0 unspecified atom stereocenters. The molecule has 0 amide bonds. The Hall–Kier alpha value is -2.07. The van der Waals surface area contributed by atoms with Crippen molar-refractivity contribution in [2.75, 3.05) is 11.3 Å². The maximum Gasteiger partial charge on any atom is 0.416 e. The van der Waals surface area contributed by atoms with Crippen LogP contribution in [0, 0.1) is 6.92 Å². The highest BCUT2D eigenvalue weighted by atomic mass is 32.2. The lowest BCUT2D eigenvalue weighted by Crippen LogP contribution is -2.14. The zero-order valence-corrected chi connectivity index (χ0v) is 14.8. The largest absolute Gasteiger partial charge is 0.462 e. The quantitative estimate of drug-likeness (QED) is 0.778. The molecule has 0 saturated carbocycles. The number of hydrogen-bond acceptors (Lipinski definition) is 5. The van der Waals surface area contributed by atoms with Crippen molar-refractivity contribution in [3.63, 3.8) is 0 Å². The van der Waals surface area contributed by atoms with Crippen LogP contribution in [0.1, 0.15) is 27.7 Å². The van der Waals surface area contributed by atoms with Gasteiger partial charge in [-0.15, -0.1) is 11.3 Å². The van der Waals surface area contributed by atoms with Crippen LogP contribution >= 0.6 is 11.3 Å². The van der Waals surface area contributed by atoms with E-state index in [-0.39, 0.29) is 16.5 Å². The molecule has 1 N–H and O–H groups in total. The predicted molar refractivity (Wildman–Crippen MR) is 87.3 cm³/mol. The van der Waals surface area contributed by atoms with E-state index in [0.29, 0.717) is 11.6 Å². The minimum atomic E-state index is -4.65. The molecule has 0 aliphatic heterocycles. The molecule has 1 heterocycles. The van der Waals surface area contributed by atoms with E-state index in [0.717, 1.165) is 29.5 Å². The second-order valence-electron chi connectivity index (χ2n) is 4.97. The minimum absolute atomic E-state index is 0.109. The Morgan fingerprint density at radius 2 is 1.96 bits per heavy atom. The zero-order valence-electron chi connectivity index (χ0n) is 13.2. The fraction of sp³-hybridized carbons (Fsp3) is 0.267. The summed E-state index contributed by atoms with van der Waals surface area (Å²) >= 11 is 0.852. The Morgan fingerprint density at radius 1 is 1.28 bits per heavy atom. The second kappa shape index (κ2) is 7.04. The molecule has 136 valence electrons. The number of ether oxygens (including phenoxy) is 1. The number of hydrogen-bond donors (Lipinski definition) is 1. The van der Waals surface area contributed by atoms with E-state index in [1.807, 2.05) is 0 Å². The molecule has 10 heteroatoms. The fourth-order valence-corrected chi connectivity index (χ4v) is 4.26. The van der Waals surface area contributed by atoms with E-state index in [2.05, 4.69) is 4.72 Å². The molecule has 0 fully saturated rings. The molecule has 0 saturated heterocycles. The van der Waals surface area contributed by atoms with Crippen molar-refractivity contribution in [3.8, 4) is 0 Å². The smallest absolute Gasteiger partial charge is 0.416 e. The van der Waals surface area contributed by atoms with Crippen molar-refractivity contribution in [2.24, 2.45) is 0 Å². The summed E-state index contributed by atoms with van der Waals surface area (Å²) in [5, 5.41) is 0.109. The number of carbonyl (C=O) groups excluding carboxylic acids is 1. The highest BCUT2D eigenvalue weighted by molar-refractivity contribution is 7.93. The monoisotopic (exact) mass is 393 g/mol. The summed E-state index contributed by atoms with van der Waals surface area (Å²) in [5.41, 5.74) is -0.560. The van der Waals surface area contributed by atoms with Gasteiger partial charge < -0.3 is 4.74 Å². The van der Waals surface area contributed by atoms with Crippen molar-refractivity contribution >= 4 is 32.3 Å². The predicted octanol–water partition coefficient (Wildman–Crippen LogP) is 4.05. The van der Waals surface area contributed by atoms with E-state index in [9.17, 15) is 26.4 Å². The Balaban J connectivity index is 2.31. The molecule has 0 aliphatic carbocycles. The number of thiophene rings is 1. The van der Waals surface area contributed by atoms with Gasteiger partial charge in [0, 0.05) is 0 Å². The van der Waals surface area contributed by atoms with Crippen LogP contribution in [0.4, 0.5) is 18.2 Å². The number of rotatable bonds is 5. The van der Waals surface area contributed by atoms with Crippen molar-refractivity contribution in [2.45, 2.75) is 24.9 Å². The van der Waals surface area contributed by atoms with Crippen LogP contribution in [-0.2, 0) is 20.9 Å². The molecule has 1 aromatic carbocycles. The van der Waals surface area contributed by atoms with Crippen LogP contribution in [0.25, 0.3) is 0 Å². The van der Waals surface area contributed by atoms with Gasteiger partial charge in [-0.3, -0.25) is 4.72 Å². The number of anilines is 1. The number of alkyl halides is 3. The SMILES string of the molecule is CCOC(=O)c1sc(NS(=O)(=O)c2cccc(C(F)(F)F)c2)cc1C. The van der Waals surface area contributed by atoms with Crippen molar-refractivity contribution in [1.29, 1.82) is 0 Å². The van der Waals surface area contributed by atoms with Gasteiger partial charge in [0.25, 0.3) is 10.0 Å². The number of sulfonamides is 1. The van der Waals surface area contributed by atoms with Gasteiger partial charge in [0.05, 0.1) is 17.1 Å². The molecule has 0 aliphatic rings. The number of halogens is 3. The molecular formula is C15H14F3NO4S2. The number of esters is 1. The van der Waals surface area contributed by atoms with Crippen LogP contribution in [0.5, 0.6) is 0 Å². The summed E-state index contributed by atoms with van der Waals surface area (Å²) in [7, 11) is -4.23. The third-order valence-corrected chi connectivity index (χ3v) is 5.71. The molecule has 0 radical (unpaired) electrons. The van der Waals surface area contributed by atoms with E-state index in [1.165, 1.54) is 6.07 Å². The summed E-state index contributed by atoms with van der Waals surface area (Å²) in [4.78, 5) is 11.5. The topological polar surface area (TPSA) is 72.5 Å². The lowest BCUT2D eigenvalue weighted by atomic mass is 10.2. The molecular weight excluding hydrogens is 379 g/mol. The van der Waals surface area contributed by atoms with Crippen molar-refractivity contribution in [1.82, 2.24) is 0 Å². The highest BCUT2D eigenvalue weighted by Crippen LogP contribution is 2.32. The zero-order chi connectivity index (χ0) is 18.8. The Kier molecular flexibility index (Phi) is 5.43. The standard InChI is InChI=1S/C15H14F3NO4S2/c1-3-23-14(20)13-9(2)7-12(24-13)19-25(21,22)11-6-4-5-10(8-11)15(16,17)18/h4-8,19H,3H2,1-2H3. The first kappa shape index (κ1) is 19.3. The lowest BCUT2D eigenvalue weighted by molar-refractivity contribution is -0.137. The fourth-order valence-electron chi connectivity index (χ4n) is 1.96. The molecule has 0 bridgehead atoms. The maximum absolute atomic E-state index is 12.7. The second-order valence-corrected chi connectivity index (χ2v) is 7.71. The highest BCUT2D eigenvalue weighted by Gasteiger charge is 2.31. The number of aryl methyl sites for hydroxylation is 1. The molecule has 0 atom stereocenters. The Bertz CT molecular complexity index is 888. The Labute approximate surface area is 146 Å². The average molecular weight is 393 g/mol. The van der Waals surface area contributed by atoms with Gasteiger partial charge in [0.2, 0.25) is 0 Å². The lowest BCUT2D eigenvalue weighted by Gasteiger charge is -2.10. The van der Waals surface area contributed by atoms with E-state index in [1.54, 1.807) is 13.8 Å². The normalized spacial score (nSPS) is 12.0. The summed E-state index contributed by atoms with van der Waals surface area (Å²) in [6.45, 7) is 3.41. The molecule has 0 spiro atoms. The van der Waals surface area contributed by atoms with Crippen molar-refractivity contribution in [3.05, 3.63) is 46.3 Å². The van der Waals surface area contributed by atoms with E-state index >= 15 is 0 Å². The molecule has 5 nitrogen and oxygen atoms in total.